The average Bonchev–Trinajstić information content (AvgIpc) is 3.51. The molecule has 11 nitrogen and oxygen atoms in total. The first-order valence-electron chi connectivity index (χ1n) is 20.3. The van der Waals surface area contributed by atoms with Gasteiger partial charge in [0.1, 0.15) is 31.0 Å². The predicted molar refractivity (Wildman–Crippen MR) is 188 cm³/mol. The van der Waals surface area contributed by atoms with E-state index in [9.17, 15) is 31.6 Å². The zero-order valence-electron chi connectivity index (χ0n) is 31.4. The Morgan fingerprint density at radius 2 is 1.49 bits per heavy atom. The van der Waals surface area contributed by atoms with Gasteiger partial charge in [-0.25, -0.2) is 4.79 Å². The van der Waals surface area contributed by atoms with E-state index < -0.39 is 56.8 Å². The van der Waals surface area contributed by atoms with Crippen molar-refractivity contribution in [3.8, 4) is 0 Å². The third-order valence-corrected chi connectivity index (χ3v) is 14.3. The van der Waals surface area contributed by atoms with Crippen molar-refractivity contribution in [3.05, 3.63) is 0 Å². The summed E-state index contributed by atoms with van der Waals surface area (Å²) in [5.74, 6) is -1.16. The van der Waals surface area contributed by atoms with Crippen LogP contribution in [-0.4, -0.2) is 73.4 Å². The summed E-state index contributed by atoms with van der Waals surface area (Å²) >= 11 is 0. The molecule has 1 heterocycles. The molecule has 6 rings (SSSR count). The fourth-order valence-corrected chi connectivity index (χ4v) is 11.5. The molecule has 6 aliphatic rings. The standard InChI is InChI=1S/C39H60F2O11S/c1-3-7-26-8-4-9-27(17-26)12-13-33(42)48-23-31-32(24-49-35(43)37-14-5-10-28(20-37)16-25(2)19-37)51-34(50-31)30-18-29-11-6-15-38(21-29,22-30)52-36(44)39(40,41)53(45,46)47/h25-32,34H,3-24H2,1-2H3,(H,45,46,47). The van der Waals surface area contributed by atoms with Gasteiger partial charge in [0.2, 0.25) is 0 Å². The van der Waals surface area contributed by atoms with Crippen LogP contribution in [0.25, 0.3) is 0 Å². The number of hydrogen-bond donors (Lipinski definition) is 1. The number of alkyl halides is 2. The van der Waals surface area contributed by atoms with Crippen LogP contribution < -0.4 is 0 Å². The molecule has 14 heteroatoms. The molecule has 0 amide bonds. The highest BCUT2D eigenvalue weighted by Crippen LogP contribution is 2.53. The quantitative estimate of drug-likeness (QED) is 0.106. The number of halogens is 2. The lowest BCUT2D eigenvalue weighted by Gasteiger charge is -2.48. The highest BCUT2D eigenvalue weighted by Gasteiger charge is 2.59. The van der Waals surface area contributed by atoms with Gasteiger partial charge in [-0.05, 0) is 100 Å². The van der Waals surface area contributed by atoms with Crippen molar-refractivity contribution in [1.29, 1.82) is 0 Å². The van der Waals surface area contributed by atoms with Crippen LogP contribution in [0.15, 0.2) is 0 Å². The van der Waals surface area contributed by atoms with Crippen molar-refractivity contribution >= 4 is 28.0 Å². The van der Waals surface area contributed by atoms with Crippen LogP contribution in [-0.2, 0) is 48.2 Å². The summed E-state index contributed by atoms with van der Waals surface area (Å²) < 4.78 is 90.1. The molecule has 1 saturated heterocycles. The highest BCUT2D eigenvalue weighted by molar-refractivity contribution is 7.87. The highest BCUT2D eigenvalue weighted by atomic mass is 32.2. The van der Waals surface area contributed by atoms with E-state index in [0.29, 0.717) is 37.0 Å². The molecule has 0 spiro atoms. The zero-order chi connectivity index (χ0) is 38.0. The minimum absolute atomic E-state index is 0.0293. The fraction of sp³-hybridized carbons (Fsp3) is 0.923. The van der Waals surface area contributed by atoms with Gasteiger partial charge in [-0.3, -0.25) is 14.1 Å². The summed E-state index contributed by atoms with van der Waals surface area (Å²) in [5.41, 5.74) is -1.91. The van der Waals surface area contributed by atoms with E-state index >= 15 is 0 Å². The largest absolute Gasteiger partial charge is 0.465 e. The van der Waals surface area contributed by atoms with Crippen molar-refractivity contribution < 1.29 is 59.8 Å². The predicted octanol–water partition coefficient (Wildman–Crippen LogP) is 7.54. The average molecular weight is 775 g/mol. The van der Waals surface area contributed by atoms with E-state index in [2.05, 4.69) is 13.8 Å². The minimum atomic E-state index is -6.03. The maximum absolute atomic E-state index is 14.3. The van der Waals surface area contributed by atoms with Crippen LogP contribution in [0, 0.1) is 40.9 Å². The minimum Gasteiger partial charge on any atom is -0.463 e. The van der Waals surface area contributed by atoms with Crippen molar-refractivity contribution in [1.82, 2.24) is 0 Å². The monoisotopic (exact) mass is 774 g/mol. The lowest BCUT2D eigenvalue weighted by Crippen LogP contribution is -2.51. The molecule has 5 aliphatic carbocycles. The Balaban J connectivity index is 1.11. The number of fused-ring (bicyclic) bond motifs is 4. The topological polar surface area (TPSA) is 152 Å². The lowest BCUT2D eigenvalue weighted by atomic mass is 9.59. The molecule has 0 aromatic rings. The molecule has 11 atom stereocenters. The van der Waals surface area contributed by atoms with Gasteiger partial charge in [0, 0.05) is 12.3 Å². The van der Waals surface area contributed by atoms with Gasteiger partial charge >= 0.3 is 33.3 Å². The Hall–Kier alpha value is -1.90. The van der Waals surface area contributed by atoms with Crippen LogP contribution >= 0.6 is 0 Å². The van der Waals surface area contributed by atoms with Crippen LogP contribution in [0.3, 0.4) is 0 Å². The van der Waals surface area contributed by atoms with Crippen LogP contribution in [0.5, 0.6) is 0 Å². The molecule has 1 aliphatic heterocycles. The molecule has 302 valence electrons. The Bertz CT molecular complexity index is 1420. The Kier molecular flexibility index (Phi) is 12.8. The maximum atomic E-state index is 14.3. The van der Waals surface area contributed by atoms with Gasteiger partial charge in [0.05, 0.1) is 5.41 Å². The summed E-state index contributed by atoms with van der Waals surface area (Å²) in [6, 6.07) is 0. The van der Waals surface area contributed by atoms with E-state index in [-0.39, 0.29) is 50.3 Å². The second-order valence-corrected chi connectivity index (χ2v) is 19.2. The Morgan fingerprint density at radius 3 is 2.19 bits per heavy atom. The molecule has 0 aromatic heterocycles. The molecule has 53 heavy (non-hydrogen) atoms. The van der Waals surface area contributed by atoms with Crippen LogP contribution in [0.4, 0.5) is 8.78 Å². The number of hydrogen-bond acceptors (Lipinski definition) is 10. The number of esters is 3. The summed E-state index contributed by atoms with van der Waals surface area (Å²) in [6.07, 6.45) is 13.9. The van der Waals surface area contributed by atoms with Gasteiger partial charge in [0.15, 0.2) is 6.29 Å². The van der Waals surface area contributed by atoms with E-state index in [0.717, 1.165) is 70.1 Å². The van der Waals surface area contributed by atoms with Crippen molar-refractivity contribution in [2.75, 3.05) is 13.2 Å². The first-order chi connectivity index (χ1) is 25.1. The molecular formula is C39H60F2O11S. The van der Waals surface area contributed by atoms with Gasteiger partial charge in [0.25, 0.3) is 0 Å². The van der Waals surface area contributed by atoms with E-state index in [1.165, 1.54) is 25.7 Å². The second-order valence-electron chi connectivity index (χ2n) is 17.7. The molecule has 11 unspecified atom stereocenters. The molecular weight excluding hydrogens is 714 g/mol. The SMILES string of the molecule is CCCC1CCCC(CCC(=O)OCC2OC(C3CC4CCCC(OC(=O)C(F)(F)S(=O)(=O)O)(C4)C3)OC2COC(=O)C23CCCC(CC(C)C2)C3)C1. The second kappa shape index (κ2) is 16.7. The van der Waals surface area contributed by atoms with Gasteiger partial charge in [-0.1, -0.05) is 65.2 Å². The third-order valence-electron chi connectivity index (χ3n) is 13.5. The van der Waals surface area contributed by atoms with Crippen LogP contribution in [0.1, 0.15) is 142 Å². The zero-order valence-corrected chi connectivity index (χ0v) is 32.3. The number of carbonyl (C=O) groups is 3. The summed E-state index contributed by atoms with van der Waals surface area (Å²) in [4.78, 5) is 39.2. The fourth-order valence-electron chi connectivity index (χ4n) is 11.3. The van der Waals surface area contributed by atoms with Gasteiger partial charge < -0.3 is 23.7 Å². The van der Waals surface area contributed by atoms with Gasteiger partial charge in [-0.15, -0.1) is 0 Å². The molecule has 0 aromatic carbocycles. The molecule has 4 bridgehead atoms. The normalized spacial score (nSPS) is 38.8. The van der Waals surface area contributed by atoms with Crippen molar-refractivity contribution in [2.45, 2.75) is 172 Å². The van der Waals surface area contributed by atoms with Crippen molar-refractivity contribution in [3.63, 3.8) is 0 Å². The van der Waals surface area contributed by atoms with E-state index in [1.54, 1.807) is 0 Å². The Labute approximate surface area is 313 Å². The summed E-state index contributed by atoms with van der Waals surface area (Å²) in [7, 11) is -6.03. The molecule has 6 fully saturated rings. The maximum Gasteiger partial charge on any atom is 0.465 e. The smallest absolute Gasteiger partial charge is 0.463 e. The van der Waals surface area contributed by atoms with Crippen molar-refractivity contribution in [2.24, 2.45) is 40.9 Å². The van der Waals surface area contributed by atoms with Gasteiger partial charge in [-0.2, -0.15) is 17.2 Å². The van der Waals surface area contributed by atoms with Crippen LogP contribution in [0.2, 0.25) is 0 Å². The van der Waals surface area contributed by atoms with E-state index in [4.69, 9.17) is 28.2 Å². The number of ether oxygens (including phenoxy) is 5. The Morgan fingerprint density at radius 1 is 0.830 bits per heavy atom. The molecule has 0 radical (unpaired) electrons. The number of carbonyl (C=O) groups excluding carboxylic acids is 3. The molecule has 1 N–H and O–H groups in total. The summed E-state index contributed by atoms with van der Waals surface area (Å²) in [5, 5.41) is -5.10. The van der Waals surface area contributed by atoms with E-state index in [1.807, 2.05) is 0 Å². The summed E-state index contributed by atoms with van der Waals surface area (Å²) in [6.45, 7) is 4.18. The third kappa shape index (κ3) is 9.56. The first-order valence-corrected chi connectivity index (χ1v) is 21.8. The number of rotatable bonds is 14. The first kappa shape index (κ1) is 40.8. The molecule has 5 saturated carbocycles. The lowest BCUT2D eigenvalue weighted by molar-refractivity contribution is -0.202.